The summed E-state index contributed by atoms with van der Waals surface area (Å²) in [5.41, 5.74) is 1.15. The number of thiophene rings is 1. The fourth-order valence-corrected chi connectivity index (χ4v) is 3.19. The molecular weight excluding hydrogens is 274 g/mol. The third kappa shape index (κ3) is 3.28. The minimum absolute atomic E-state index is 0.118. The zero-order valence-corrected chi connectivity index (χ0v) is 12.6. The maximum absolute atomic E-state index is 12.3. The van der Waals surface area contributed by atoms with E-state index in [0.717, 1.165) is 23.3 Å². The van der Waals surface area contributed by atoms with Gasteiger partial charge in [0.2, 0.25) is 5.91 Å². The largest absolute Gasteiger partial charge is 0.467 e. The molecule has 1 aliphatic heterocycles. The van der Waals surface area contributed by atoms with E-state index in [1.807, 2.05) is 24.4 Å². The molecule has 108 valence electrons. The normalized spacial score (nSPS) is 19.3. The Labute approximate surface area is 123 Å². The molecule has 0 radical (unpaired) electrons. The van der Waals surface area contributed by atoms with E-state index < -0.39 is 6.04 Å². The molecule has 0 bridgehead atoms. The Bertz CT molecular complexity index is 521. The highest BCUT2D eigenvalue weighted by Gasteiger charge is 2.31. The lowest BCUT2D eigenvalue weighted by Gasteiger charge is -2.32. The van der Waals surface area contributed by atoms with Crippen molar-refractivity contribution in [2.75, 3.05) is 13.7 Å². The van der Waals surface area contributed by atoms with Crippen molar-refractivity contribution in [3.8, 4) is 0 Å². The van der Waals surface area contributed by atoms with Crippen molar-refractivity contribution >= 4 is 29.3 Å². The van der Waals surface area contributed by atoms with Gasteiger partial charge < -0.3 is 9.64 Å². The van der Waals surface area contributed by atoms with Crippen molar-refractivity contribution in [2.24, 2.45) is 0 Å². The lowest BCUT2D eigenvalue weighted by molar-refractivity contribution is -0.153. The van der Waals surface area contributed by atoms with Gasteiger partial charge >= 0.3 is 5.97 Å². The highest BCUT2D eigenvalue weighted by Crippen LogP contribution is 2.20. The van der Waals surface area contributed by atoms with Crippen molar-refractivity contribution in [1.29, 1.82) is 0 Å². The predicted octanol–water partition coefficient (Wildman–Crippen LogP) is 2.62. The number of hydrogen-bond acceptors (Lipinski definition) is 4. The van der Waals surface area contributed by atoms with Crippen molar-refractivity contribution in [3.63, 3.8) is 0 Å². The molecular formula is C15H19NO3S. The summed E-state index contributed by atoms with van der Waals surface area (Å²) in [6.45, 7) is 2.63. The molecule has 1 atom stereocenters. The molecule has 2 rings (SSSR count). The Kier molecular flexibility index (Phi) is 4.95. The quantitative estimate of drug-likeness (QED) is 0.636. The number of hydrogen-bond donors (Lipinski definition) is 0. The monoisotopic (exact) mass is 293 g/mol. The maximum atomic E-state index is 12.3. The average Bonchev–Trinajstić information content (AvgIpc) is 2.89. The molecule has 0 N–H and O–H groups in total. The summed E-state index contributed by atoms with van der Waals surface area (Å²) in [6.07, 6.45) is 5.96. The van der Waals surface area contributed by atoms with E-state index in [1.54, 1.807) is 22.3 Å². The van der Waals surface area contributed by atoms with Gasteiger partial charge in [-0.2, -0.15) is 0 Å². The first-order valence-corrected chi connectivity index (χ1v) is 7.62. The number of aryl methyl sites for hydroxylation is 1. The lowest BCUT2D eigenvalue weighted by Crippen LogP contribution is -2.47. The van der Waals surface area contributed by atoms with Crippen LogP contribution in [-0.4, -0.2) is 36.5 Å². The third-order valence-electron chi connectivity index (χ3n) is 3.54. The van der Waals surface area contributed by atoms with Crippen LogP contribution in [-0.2, 0) is 14.3 Å². The summed E-state index contributed by atoms with van der Waals surface area (Å²) in [6, 6.07) is 1.59. The number of esters is 1. The van der Waals surface area contributed by atoms with Crippen molar-refractivity contribution < 1.29 is 14.3 Å². The molecule has 1 aromatic heterocycles. The van der Waals surface area contributed by atoms with Crippen LogP contribution in [0.15, 0.2) is 17.5 Å². The van der Waals surface area contributed by atoms with Crippen LogP contribution in [0.3, 0.4) is 0 Å². The Morgan fingerprint density at radius 2 is 2.25 bits per heavy atom. The summed E-state index contributed by atoms with van der Waals surface area (Å²) in [4.78, 5) is 26.7. The fourth-order valence-electron chi connectivity index (χ4n) is 2.37. The van der Waals surface area contributed by atoms with Gasteiger partial charge in [-0.15, -0.1) is 11.3 Å². The number of rotatable bonds is 3. The topological polar surface area (TPSA) is 46.6 Å². The van der Waals surface area contributed by atoms with Gasteiger partial charge in [-0.05, 0) is 49.3 Å². The van der Waals surface area contributed by atoms with Crippen LogP contribution in [0.4, 0.5) is 0 Å². The Balaban J connectivity index is 2.08. The number of carbonyl (C=O) groups excluding carboxylic acids is 2. The van der Waals surface area contributed by atoms with Crippen LogP contribution < -0.4 is 0 Å². The van der Waals surface area contributed by atoms with Crippen LogP contribution in [0.5, 0.6) is 0 Å². The summed E-state index contributed by atoms with van der Waals surface area (Å²) in [5, 5.41) is 2.00. The molecule has 2 heterocycles. The number of nitrogens with zero attached hydrogens (tertiary/aromatic N) is 1. The smallest absolute Gasteiger partial charge is 0.328 e. The highest BCUT2D eigenvalue weighted by atomic mass is 32.1. The van der Waals surface area contributed by atoms with E-state index in [1.165, 1.54) is 7.11 Å². The Morgan fingerprint density at radius 3 is 2.90 bits per heavy atom. The second-order valence-corrected chi connectivity index (χ2v) is 5.82. The molecule has 20 heavy (non-hydrogen) atoms. The molecule has 1 saturated heterocycles. The minimum atomic E-state index is -0.435. The zero-order chi connectivity index (χ0) is 14.5. The molecule has 1 fully saturated rings. The molecule has 4 nitrogen and oxygen atoms in total. The Hall–Kier alpha value is -1.62. The van der Waals surface area contributed by atoms with Crippen LogP contribution in [0.1, 0.15) is 29.7 Å². The highest BCUT2D eigenvalue weighted by molar-refractivity contribution is 7.11. The van der Waals surface area contributed by atoms with E-state index in [0.29, 0.717) is 13.0 Å². The average molecular weight is 293 g/mol. The standard InChI is InChI=1S/C15H19NO3S/c1-11-8-10-20-13(11)6-7-14(17)16-9-4-3-5-12(16)15(18)19-2/h6-8,10,12H,3-5,9H2,1-2H3/b7-6+. The summed E-state index contributed by atoms with van der Waals surface area (Å²) < 4.78 is 4.78. The van der Waals surface area contributed by atoms with Gasteiger partial charge in [0, 0.05) is 17.5 Å². The third-order valence-corrected chi connectivity index (χ3v) is 4.52. The maximum Gasteiger partial charge on any atom is 0.328 e. The van der Waals surface area contributed by atoms with E-state index in [2.05, 4.69) is 0 Å². The van der Waals surface area contributed by atoms with Crippen LogP contribution in [0.2, 0.25) is 0 Å². The fraction of sp³-hybridized carbons (Fsp3) is 0.467. The summed E-state index contributed by atoms with van der Waals surface area (Å²) in [5.74, 6) is -0.438. The zero-order valence-electron chi connectivity index (χ0n) is 11.8. The molecule has 1 amide bonds. The summed E-state index contributed by atoms with van der Waals surface area (Å²) >= 11 is 1.60. The van der Waals surface area contributed by atoms with E-state index in [-0.39, 0.29) is 11.9 Å². The number of carbonyl (C=O) groups is 2. The molecule has 0 spiro atoms. The van der Waals surface area contributed by atoms with Gasteiger partial charge in [-0.1, -0.05) is 0 Å². The van der Waals surface area contributed by atoms with Gasteiger partial charge in [0.15, 0.2) is 0 Å². The Morgan fingerprint density at radius 1 is 1.45 bits per heavy atom. The van der Waals surface area contributed by atoms with E-state index >= 15 is 0 Å². The molecule has 1 unspecified atom stereocenters. The minimum Gasteiger partial charge on any atom is -0.467 e. The van der Waals surface area contributed by atoms with Crippen LogP contribution in [0.25, 0.3) is 6.08 Å². The second-order valence-electron chi connectivity index (χ2n) is 4.87. The predicted molar refractivity (Wildman–Crippen MR) is 79.5 cm³/mol. The first kappa shape index (κ1) is 14.8. The number of piperidine rings is 1. The molecule has 0 aromatic carbocycles. The van der Waals surface area contributed by atoms with Gasteiger partial charge in [0.1, 0.15) is 6.04 Å². The van der Waals surface area contributed by atoms with Crippen LogP contribution in [0, 0.1) is 6.92 Å². The van der Waals surface area contributed by atoms with E-state index in [4.69, 9.17) is 4.74 Å². The second kappa shape index (κ2) is 6.70. The van der Waals surface area contributed by atoms with Gasteiger partial charge in [-0.25, -0.2) is 4.79 Å². The van der Waals surface area contributed by atoms with Gasteiger partial charge in [0.05, 0.1) is 7.11 Å². The molecule has 0 saturated carbocycles. The summed E-state index contributed by atoms with van der Waals surface area (Å²) in [7, 11) is 1.37. The number of methoxy groups -OCH3 is 1. The number of ether oxygens (including phenoxy) is 1. The molecule has 0 aliphatic carbocycles. The van der Waals surface area contributed by atoms with Gasteiger partial charge in [0.25, 0.3) is 0 Å². The number of amides is 1. The van der Waals surface area contributed by atoms with E-state index in [9.17, 15) is 9.59 Å². The molecule has 5 heteroatoms. The first-order valence-electron chi connectivity index (χ1n) is 6.74. The number of likely N-dealkylation sites (tertiary alicyclic amines) is 1. The first-order chi connectivity index (χ1) is 9.63. The van der Waals surface area contributed by atoms with Crippen molar-refractivity contribution in [3.05, 3.63) is 28.0 Å². The van der Waals surface area contributed by atoms with Gasteiger partial charge in [-0.3, -0.25) is 4.79 Å². The molecule has 1 aromatic rings. The molecule has 1 aliphatic rings. The van der Waals surface area contributed by atoms with Crippen molar-refractivity contribution in [1.82, 2.24) is 4.90 Å². The van der Waals surface area contributed by atoms with Crippen molar-refractivity contribution in [2.45, 2.75) is 32.2 Å². The van der Waals surface area contributed by atoms with Crippen LogP contribution >= 0.6 is 11.3 Å². The SMILES string of the molecule is COC(=O)C1CCCCN1C(=O)/C=C/c1sccc1C. The lowest BCUT2D eigenvalue weighted by atomic mass is 10.0.